The SMILES string of the molecule is CCOC(=O)C(CC)c1c(C)[nH][nH]c1=O. The van der Waals surface area contributed by atoms with E-state index in [9.17, 15) is 9.59 Å². The van der Waals surface area contributed by atoms with Crippen molar-refractivity contribution < 1.29 is 9.53 Å². The van der Waals surface area contributed by atoms with E-state index >= 15 is 0 Å². The monoisotopic (exact) mass is 212 g/mol. The molecule has 1 aromatic heterocycles. The molecule has 0 fully saturated rings. The van der Waals surface area contributed by atoms with Crippen LogP contribution in [0.15, 0.2) is 4.79 Å². The van der Waals surface area contributed by atoms with E-state index < -0.39 is 5.92 Å². The summed E-state index contributed by atoms with van der Waals surface area (Å²) in [7, 11) is 0. The molecule has 15 heavy (non-hydrogen) atoms. The second-order valence-electron chi connectivity index (χ2n) is 3.33. The molecule has 1 heterocycles. The van der Waals surface area contributed by atoms with Crippen LogP contribution in [0.4, 0.5) is 0 Å². The Bertz CT molecular complexity index is 392. The molecule has 0 aliphatic heterocycles. The van der Waals surface area contributed by atoms with Gasteiger partial charge >= 0.3 is 5.97 Å². The van der Waals surface area contributed by atoms with Crippen LogP contribution >= 0.6 is 0 Å². The lowest BCUT2D eigenvalue weighted by Crippen LogP contribution is -2.21. The first-order valence-electron chi connectivity index (χ1n) is 5.05. The van der Waals surface area contributed by atoms with Crippen LogP contribution < -0.4 is 5.56 Å². The number of H-pyrrole nitrogens is 2. The lowest BCUT2D eigenvalue weighted by Gasteiger charge is -2.11. The van der Waals surface area contributed by atoms with Gasteiger partial charge in [-0.1, -0.05) is 6.92 Å². The molecule has 5 nitrogen and oxygen atoms in total. The van der Waals surface area contributed by atoms with Crippen LogP contribution in [-0.2, 0) is 9.53 Å². The molecule has 0 amide bonds. The van der Waals surface area contributed by atoms with E-state index in [1.54, 1.807) is 13.8 Å². The third-order valence-electron chi connectivity index (χ3n) is 2.34. The number of esters is 1. The first-order valence-corrected chi connectivity index (χ1v) is 5.05. The van der Waals surface area contributed by atoms with E-state index in [0.717, 1.165) is 0 Å². The van der Waals surface area contributed by atoms with Gasteiger partial charge in [0.25, 0.3) is 5.56 Å². The highest BCUT2D eigenvalue weighted by Crippen LogP contribution is 2.19. The van der Waals surface area contributed by atoms with Crippen LogP contribution in [0.5, 0.6) is 0 Å². The summed E-state index contributed by atoms with van der Waals surface area (Å²) in [5.41, 5.74) is 0.934. The Morgan fingerprint density at radius 3 is 2.47 bits per heavy atom. The van der Waals surface area contributed by atoms with E-state index in [-0.39, 0.29) is 11.5 Å². The van der Waals surface area contributed by atoms with Crippen molar-refractivity contribution in [1.29, 1.82) is 0 Å². The van der Waals surface area contributed by atoms with Gasteiger partial charge < -0.3 is 9.84 Å². The lowest BCUT2D eigenvalue weighted by molar-refractivity contribution is -0.145. The summed E-state index contributed by atoms with van der Waals surface area (Å²) in [6.07, 6.45) is 0.556. The minimum atomic E-state index is -0.472. The quantitative estimate of drug-likeness (QED) is 0.733. The fourth-order valence-electron chi connectivity index (χ4n) is 1.61. The Balaban J connectivity index is 3.02. The Hall–Kier alpha value is -1.52. The van der Waals surface area contributed by atoms with E-state index in [2.05, 4.69) is 10.2 Å². The van der Waals surface area contributed by atoms with Crippen LogP contribution in [0.25, 0.3) is 0 Å². The third kappa shape index (κ3) is 2.29. The van der Waals surface area contributed by atoms with Gasteiger partial charge in [0, 0.05) is 5.69 Å². The summed E-state index contributed by atoms with van der Waals surface area (Å²) in [6, 6.07) is 0. The number of carbonyl (C=O) groups excluding carboxylic acids is 1. The molecule has 1 unspecified atom stereocenters. The highest BCUT2D eigenvalue weighted by Gasteiger charge is 2.25. The molecule has 1 rings (SSSR count). The second-order valence-corrected chi connectivity index (χ2v) is 3.33. The molecule has 0 saturated carbocycles. The van der Waals surface area contributed by atoms with E-state index in [1.165, 1.54) is 0 Å². The molecular weight excluding hydrogens is 196 g/mol. The zero-order valence-corrected chi connectivity index (χ0v) is 9.22. The van der Waals surface area contributed by atoms with Gasteiger partial charge in [-0.3, -0.25) is 14.7 Å². The van der Waals surface area contributed by atoms with Crippen LogP contribution in [-0.4, -0.2) is 22.8 Å². The number of aromatic nitrogens is 2. The van der Waals surface area contributed by atoms with E-state index in [1.807, 2.05) is 6.92 Å². The summed E-state index contributed by atoms with van der Waals surface area (Å²) >= 11 is 0. The van der Waals surface area contributed by atoms with Gasteiger partial charge in [-0.15, -0.1) is 0 Å². The smallest absolute Gasteiger partial charge is 0.313 e. The molecule has 0 bridgehead atoms. The maximum Gasteiger partial charge on any atom is 0.313 e. The Labute approximate surface area is 87.8 Å². The Kier molecular flexibility index (Phi) is 3.71. The van der Waals surface area contributed by atoms with Crippen molar-refractivity contribution in [3.63, 3.8) is 0 Å². The average molecular weight is 212 g/mol. The summed E-state index contributed by atoms with van der Waals surface area (Å²) in [6.45, 7) is 5.69. The standard InChI is InChI=1S/C10H16N2O3/c1-4-7(10(14)15-5-2)8-6(3)11-12-9(8)13/h7H,4-5H2,1-3H3,(H2,11,12,13). The van der Waals surface area contributed by atoms with Crippen molar-refractivity contribution in [3.05, 3.63) is 21.6 Å². The lowest BCUT2D eigenvalue weighted by atomic mass is 9.97. The van der Waals surface area contributed by atoms with Gasteiger partial charge in [0.05, 0.1) is 18.1 Å². The zero-order chi connectivity index (χ0) is 11.4. The summed E-state index contributed by atoms with van der Waals surface area (Å²) in [5, 5.41) is 5.16. The minimum absolute atomic E-state index is 0.243. The van der Waals surface area contributed by atoms with Gasteiger partial charge in [0.1, 0.15) is 0 Å². The largest absolute Gasteiger partial charge is 0.466 e. The summed E-state index contributed by atoms with van der Waals surface area (Å²) in [5.74, 6) is -0.812. The van der Waals surface area contributed by atoms with Crippen molar-refractivity contribution in [2.75, 3.05) is 6.61 Å². The number of carbonyl (C=O) groups is 1. The molecule has 0 aromatic carbocycles. The fourth-order valence-corrected chi connectivity index (χ4v) is 1.61. The van der Waals surface area contributed by atoms with Crippen LogP contribution in [0, 0.1) is 6.92 Å². The van der Waals surface area contributed by atoms with Gasteiger partial charge in [-0.2, -0.15) is 0 Å². The molecular formula is C10H16N2O3. The topological polar surface area (TPSA) is 75.0 Å². The highest BCUT2D eigenvalue weighted by atomic mass is 16.5. The maximum atomic E-state index is 11.6. The van der Waals surface area contributed by atoms with Crippen molar-refractivity contribution >= 4 is 5.97 Å². The van der Waals surface area contributed by atoms with Crippen LogP contribution in [0.1, 0.15) is 37.4 Å². The Morgan fingerprint density at radius 2 is 2.07 bits per heavy atom. The van der Waals surface area contributed by atoms with Gasteiger partial charge in [-0.25, -0.2) is 0 Å². The number of rotatable bonds is 4. The number of hydrogen-bond donors (Lipinski definition) is 2. The molecule has 2 N–H and O–H groups in total. The predicted octanol–water partition coefficient (Wildman–Crippen LogP) is 1.07. The van der Waals surface area contributed by atoms with Gasteiger partial charge in [0.2, 0.25) is 0 Å². The first-order chi connectivity index (χ1) is 7.11. The molecule has 1 aromatic rings. The molecule has 5 heteroatoms. The molecule has 1 atom stereocenters. The number of nitrogens with one attached hydrogen (secondary N) is 2. The number of aryl methyl sites for hydroxylation is 1. The van der Waals surface area contributed by atoms with Crippen molar-refractivity contribution in [3.8, 4) is 0 Å². The minimum Gasteiger partial charge on any atom is -0.466 e. The zero-order valence-electron chi connectivity index (χ0n) is 9.22. The normalized spacial score (nSPS) is 12.5. The molecule has 0 aliphatic rings. The second kappa shape index (κ2) is 4.82. The van der Waals surface area contributed by atoms with Crippen molar-refractivity contribution in [2.45, 2.75) is 33.1 Å². The van der Waals surface area contributed by atoms with Gasteiger partial charge in [0.15, 0.2) is 0 Å². The summed E-state index contributed by atoms with van der Waals surface area (Å²) < 4.78 is 4.92. The first kappa shape index (κ1) is 11.6. The van der Waals surface area contributed by atoms with Crippen LogP contribution in [0.2, 0.25) is 0 Å². The molecule has 0 aliphatic carbocycles. The van der Waals surface area contributed by atoms with Crippen LogP contribution in [0.3, 0.4) is 0 Å². The highest BCUT2D eigenvalue weighted by molar-refractivity contribution is 5.78. The molecule has 0 saturated heterocycles. The molecule has 84 valence electrons. The van der Waals surface area contributed by atoms with Crippen molar-refractivity contribution in [1.82, 2.24) is 10.2 Å². The summed E-state index contributed by atoms with van der Waals surface area (Å²) in [4.78, 5) is 23.0. The predicted molar refractivity (Wildman–Crippen MR) is 55.8 cm³/mol. The number of hydrogen-bond acceptors (Lipinski definition) is 3. The number of aromatic amines is 2. The van der Waals surface area contributed by atoms with E-state index in [0.29, 0.717) is 24.3 Å². The maximum absolute atomic E-state index is 11.6. The van der Waals surface area contributed by atoms with Gasteiger partial charge in [-0.05, 0) is 20.3 Å². The van der Waals surface area contributed by atoms with Crippen molar-refractivity contribution in [2.24, 2.45) is 0 Å². The molecule has 0 radical (unpaired) electrons. The fraction of sp³-hybridized carbons (Fsp3) is 0.600. The van der Waals surface area contributed by atoms with E-state index in [4.69, 9.17) is 4.74 Å². The molecule has 0 spiro atoms. The third-order valence-corrected chi connectivity index (χ3v) is 2.34. The average Bonchev–Trinajstić information content (AvgIpc) is 2.51. The number of ether oxygens (including phenoxy) is 1. The Morgan fingerprint density at radius 1 is 1.40 bits per heavy atom.